The van der Waals surface area contributed by atoms with Gasteiger partial charge in [-0.2, -0.15) is 0 Å². The van der Waals surface area contributed by atoms with Gasteiger partial charge in [0, 0.05) is 0 Å². The third-order valence-corrected chi connectivity index (χ3v) is 5.50. The zero-order chi connectivity index (χ0) is 12.5. The van der Waals surface area contributed by atoms with Crippen LogP contribution in [0.5, 0.6) is 0 Å². The summed E-state index contributed by atoms with van der Waals surface area (Å²) in [6.45, 7) is 9.53. The molecule has 4 atom stereocenters. The summed E-state index contributed by atoms with van der Waals surface area (Å²) in [5, 5.41) is 0. The van der Waals surface area contributed by atoms with E-state index in [4.69, 9.17) is 15.2 Å². The van der Waals surface area contributed by atoms with E-state index < -0.39 is 5.79 Å². The fraction of sp³-hybridized carbons (Fsp3) is 1.00. The van der Waals surface area contributed by atoms with Crippen molar-refractivity contribution in [3.8, 4) is 0 Å². The average Bonchev–Trinajstić information content (AvgIpc) is 2.47. The molecule has 3 heteroatoms. The summed E-state index contributed by atoms with van der Waals surface area (Å²) in [5.41, 5.74) is 6.11. The summed E-state index contributed by atoms with van der Waals surface area (Å²) < 4.78 is 12.5. The van der Waals surface area contributed by atoms with Crippen molar-refractivity contribution in [2.45, 2.75) is 64.4 Å². The van der Waals surface area contributed by atoms with Crippen LogP contribution in [0.1, 0.15) is 47.0 Å². The lowest BCUT2D eigenvalue weighted by molar-refractivity contribution is -0.230. The van der Waals surface area contributed by atoms with E-state index >= 15 is 0 Å². The van der Waals surface area contributed by atoms with Gasteiger partial charge in [0.2, 0.25) is 0 Å². The highest BCUT2D eigenvalue weighted by molar-refractivity contribution is 5.17. The number of ether oxygens (including phenoxy) is 2. The SMILES string of the molecule is CC1(C)O[C@H]2C[C@H]3C[C@H](C3(C)C)[C@@]2(CCN)O1. The van der Waals surface area contributed by atoms with Crippen molar-refractivity contribution in [2.75, 3.05) is 6.54 Å². The van der Waals surface area contributed by atoms with Gasteiger partial charge in [0.1, 0.15) is 5.60 Å². The van der Waals surface area contributed by atoms with E-state index in [0.29, 0.717) is 17.9 Å². The third-order valence-electron chi connectivity index (χ3n) is 5.50. The van der Waals surface area contributed by atoms with Gasteiger partial charge in [-0.1, -0.05) is 13.8 Å². The van der Waals surface area contributed by atoms with Crippen LogP contribution in [0.2, 0.25) is 0 Å². The monoisotopic (exact) mass is 239 g/mol. The van der Waals surface area contributed by atoms with Gasteiger partial charge in [-0.25, -0.2) is 0 Å². The first-order valence-corrected chi connectivity index (χ1v) is 6.90. The lowest BCUT2D eigenvalue weighted by Crippen LogP contribution is -2.67. The Balaban J connectivity index is 1.96. The molecule has 98 valence electrons. The van der Waals surface area contributed by atoms with E-state index in [1.165, 1.54) is 6.42 Å². The smallest absolute Gasteiger partial charge is 0.164 e. The Kier molecular flexibility index (Phi) is 2.28. The Bertz CT molecular complexity index is 339. The van der Waals surface area contributed by atoms with E-state index in [-0.39, 0.29) is 11.7 Å². The fourth-order valence-electron chi connectivity index (χ4n) is 4.65. The Labute approximate surface area is 104 Å². The molecule has 4 aliphatic rings. The summed E-state index contributed by atoms with van der Waals surface area (Å²) in [6.07, 6.45) is 3.63. The largest absolute Gasteiger partial charge is 0.344 e. The summed E-state index contributed by atoms with van der Waals surface area (Å²) in [7, 11) is 0. The minimum absolute atomic E-state index is 0.115. The van der Waals surface area contributed by atoms with Gasteiger partial charge in [0.15, 0.2) is 5.79 Å². The summed E-state index contributed by atoms with van der Waals surface area (Å²) in [6, 6.07) is 0. The van der Waals surface area contributed by atoms with Crippen LogP contribution in [0.4, 0.5) is 0 Å². The van der Waals surface area contributed by atoms with Crippen molar-refractivity contribution in [1.82, 2.24) is 0 Å². The molecule has 1 saturated heterocycles. The molecule has 3 aliphatic carbocycles. The molecule has 4 rings (SSSR count). The van der Waals surface area contributed by atoms with Gasteiger partial charge >= 0.3 is 0 Å². The molecule has 0 unspecified atom stereocenters. The zero-order valence-corrected chi connectivity index (χ0v) is 11.5. The zero-order valence-electron chi connectivity index (χ0n) is 11.5. The molecule has 1 aliphatic heterocycles. The summed E-state index contributed by atoms with van der Waals surface area (Å²) in [4.78, 5) is 0. The first-order valence-electron chi connectivity index (χ1n) is 6.90. The standard InChI is InChI=1S/C14H25NO2/c1-12(2)9-7-10(12)14(5-6-15)11(8-9)16-13(3,4)17-14/h9-11H,5-8,15H2,1-4H3/t9-,10-,11+,14-/m1/s1. The van der Waals surface area contributed by atoms with Gasteiger partial charge in [-0.15, -0.1) is 0 Å². The molecular formula is C14H25NO2. The van der Waals surface area contributed by atoms with E-state index in [0.717, 1.165) is 18.8 Å². The van der Waals surface area contributed by atoms with Crippen molar-refractivity contribution < 1.29 is 9.47 Å². The molecule has 0 aromatic heterocycles. The van der Waals surface area contributed by atoms with Crippen LogP contribution in [-0.4, -0.2) is 24.0 Å². The van der Waals surface area contributed by atoms with Crippen LogP contribution in [0.25, 0.3) is 0 Å². The molecular weight excluding hydrogens is 214 g/mol. The van der Waals surface area contributed by atoms with Crippen molar-refractivity contribution in [1.29, 1.82) is 0 Å². The maximum Gasteiger partial charge on any atom is 0.164 e. The van der Waals surface area contributed by atoms with Crippen LogP contribution in [0.15, 0.2) is 0 Å². The molecule has 0 aromatic rings. The van der Waals surface area contributed by atoms with E-state index in [2.05, 4.69) is 13.8 Å². The second kappa shape index (κ2) is 3.25. The van der Waals surface area contributed by atoms with Gasteiger partial charge in [-0.3, -0.25) is 0 Å². The predicted octanol–water partition coefficient (Wildman–Crippen LogP) is 2.29. The van der Waals surface area contributed by atoms with Gasteiger partial charge < -0.3 is 15.2 Å². The Hall–Kier alpha value is -0.120. The van der Waals surface area contributed by atoms with Crippen molar-refractivity contribution >= 4 is 0 Å². The fourth-order valence-corrected chi connectivity index (χ4v) is 4.65. The van der Waals surface area contributed by atoms with Crippen LogP contribution in [0.3, 0.4) is 0 Å². The first kappa shape index (κ1) is 11.9. The quantitative estimate of drug-likeness (QED) is 0.804. The molecule has 0 aromatic carbocycles. The second-order valence-electron chi connectivity index (χ2n) is 7.14. The van der Waals surface area contributed by atoms with Gasteiger partial charge in [-0.05, 0) is 56.9 Å². The van der Waals surface area contributed by atoms with E-state index in [1.807, 2.05) is 13.8 Å². The average molecular weight is 239 g/mol. The summed E-state index contributed by atoms with van der Waals surface area (Å²) >= 11 is 0. The normalized spacial score (nSPS) is 49.6. The Morgan fingerprint density at radius 2 is 1.88 bits per heavy atom. The molecule has 1 heterocycles. The van der Waals surface area contributed by atoms with Crippen LogP contribution < -0.4 is 5.73 Å². The number of rotatable bonds is 2. The molecule has 2 N–H and O–H groups in total. The van der Waals surface area contributed by atoms with Crippen molar-refractivity contribution in [3.05, 3.63) is 0 Å². The lowest BCUT2D eigenvalue weighted by Gasteiger charge is -2.64. The molecule has 0 radical (unpaired) electrons. The van der Waals surface area contributed by atoms with Gasteiger partial charge in [0.05, 0.1) is 6.10 Å². The van der Waals surface area contributed by atoms with Crippen molar-refractivity contribution in [3.63, 3.8) is 0 Å². The maximum absolute atomic E-state index is 6.36. The topological polar surface area (TPSA) is 44.5 Å². The number of hydrogen-bond acceptors (Lipinski definition) is 3. The predicted molar refractivity (Wildman–Crippen MR) is 66.4 cm³/mol. The molecule has 3 saturated carbocycles. The highest BCUT2D eigenvalue weighted by atomic mass is 16.8. The van der Waals surface area contributed by atoms with Crippen LogP contribution in [-0.2, 0) is 9.47 Å². The maximum atomic E-state index is 6.36. The minimum Gasteiger partial charge on any atom is -0.344 e. The summed E-state index contributed by atoms with van der Waals surface area (Å²) in [5.74, 6) is 0.984. The molecule has 17 heavy (non-hydrogen) atoms. The minimum atomic E-state index is -0.437. The molecule has 0 spiro atoms. The Morgan fingerprint density at radius 1 is 1.18 bits per heavy atom. The molecule has 2 bridgehead atoms. The molecule has 0 amide bonds. The number of hydrogen-bond donors (Lipinski definition) is 1. The highest BCUT2D eigenvalue weighted by Crippen LogP contribution is 2.67. The Morgan fingerprint density at radius 3 is 2.47 bits per heavy atom. The van der Waals surface area contributed by atoms with E-state index in [9.17, 15) is 0 Å². The van der Waals surface area contributed by atoms with Crippen LogP contribution >= 0.6 is 0 Å². The first-order chi connectivity index (χ1) is 7.82. The second-order valence-corrected chi connectivity index (χ2v) is 7.14. The van der Waals surface area contributed by atoms with E-state index in [1.54, 1.807) is 0 Å². The van der Waals surface area contributed by atoms with Crippen LogP contribution in [0, 0.1) is 17.3 Å². The molecule has 3 nitrogen and oxygen atoms in total. The van der Waals surface area contributed by atoms with Crippen molar-refractivity contribution in [2.24, 2.45) is 23.0 Å². The van der Waals surface area contributed by atoms with Gasteiger partial charge in [0.25, 0.3) is 0 Å². The lowest BCUT2D eigenvalue weighted by atomic mass is 9.43. The highest BCUT2D eigenvalue weighted by Gasteiger charge is 2.70. The molecule has 4 fully saturated rings. The third kappa shape index (κ3) is 1.39. The number of nitrogens with two attached hydrogens (primary N) is 1.